The molecule has 2 aliphatic rings. The number of benzene rings is 1. The summed E-state index contributed by atoms with van der Waals surface area (Å²) >= 11 is 0. The van der Waals surface area contributed by atoms with Crippen LogP contribution >= 0.6 is 24.8 Å². The maximum atomic E-state index is 13.1. The molecule has 1 unspecified atom stereocenters. The van der Waals surface area contributed by atoms with Crippen molar-refractivity contribution in [1.82, 2.24) is 14.8 Å². The molecule has 8 nitrogen and oxygen atoms in total. The Kier molecular flexibility index (Phi) is 18.9. The average Bonchev–Trinajstić information content (AvgIpc) is 3.28. The van der Waals surface area contributed by atoms with E-state index in [2.05, 4.69) is 21.7 Å². The summed E-state index contributed by atoms with van der Waals surface area (Å²) in [5.41, 5.74) is 0.831. The number of fused-ring (bicyclic) bond motifs is 1. The zero-order valence-electron chi connectivity index (χ0n) is 27.6. The van der Waals surface area contributed by atoms with E-state index in [1.165, 1.54) is 69.1 Å². The fraction of sp³-hybridized carbons (Fsp3) is 0.611. The highest BCUT2D eigenvalue weighted by molar-refractivity contribution is 6.21. The molecule has 1 atom stereocenters. The van der Waals surface area contributed by atoms with E-state index in [9.17, 15) is 14.4 Å². The largest absolute Gasteiger partial charge is 0.459 e. The quantitative estimate of drug-likeness (QED) is 0.0806. The van der Waals surface area contributed by atoms with Crippen LogP contribution in [0.15, 0.2) is 48.7 Å². The molecule has 1 aromatic carbocycles. The number of imide groups is 1. The van der Waals surface area contributed by atoms with Crippen molar-refractivity contribution < 1.29 is 19.1 Å². The van der Waals surface area contributed by atoms with Gasteiger partial charge in [-0.15, -0.1) is 24.8 Å². The van der Waals surface area contributed by atoms with Gasteiger partial charge in [-0.25, -0.2) is 4.98 Å². The molecule has 0 saturated carbocycles. The molecule has 1 aromatic heterocycles. The zero-order chi connectivity index (χ0) is 31.0. The van der Waals surface area contributed by atoms with Gasteiger partial charge in [0.05, 0.1) is 17.7 Å². The molecule has 1 fully saturated rings. The van der Waals surface area contributed by atoms with E-state index < -0.39 is 6.10 Å². The molecule has 3 heterocycles. The Hall–Kier alpha value is -2.68. The Morgan fingerprint density at radius 1 is 0.717 bits per heavy atom. The van der Waals surface area contributed by atoms with Crippen LogP contribution in [-0.4, -0.2) is 77.9 Å². The van der Waals surface area contributed by atoms with Crippen LogP contribution in [0.5, 0.6) is 0 Å². The molecule has 2 aromatic rings. The van der Waals surface area contributed by atoms with Crippen molar-refractivity contribution >= 4 is 48.4 Å². The first-order chi connectivity index (χ1) is 21.6. The summed E-state index contributed by atoms with van der Waals surface area (Å²) in [4.78, 5) is 49.3. The van der Waals surface area contributed by atoms with Gasteiger partial charge in [0, 0.05) is 45.3 Å². The van der Waals surface area contributed by atoms with Gasteiger partial charge in [0.15, 0.2) is 0 Å². The first-order valence-corrected chi connectivity index (χ1v) is 17.1. The van der Waals surface area contributed by atoms with E-state index in [1.54, 1.807) is 30.5 Å². The van der Waals surface area contributed by atoms with Crippen LogP contribution in [0.3, 0.4) is 0 Å². The molecular weight excluding hydrogens is 623 g/mol. The monoisotopic (exact) mass is 676 g/mol. The van der Waals surface area contributed by atoms with Gasteiger partial charge >= 0.3 is 5.97 Å². The van der Waals surface area contributed by atoms with E-state index in [4.69, 9.17) is 4.74 Å². The lowest BCUT2D eigenvalue weighted by molar-refractivity contribution is -0.150. The van der Waals surface area contributed by atoms with E-state index in [0.717, 1.165) is 51.3 Å². The molecule has 0 N–H and O–H groups in total. The molecular formula is C36H54Cl2N4O4. The van der Waals surface area contributed by atoms with E-state index in [-0.39, 0.29) is 49.1 Å². The number of hydrogen-bond acceptors (Lipinski definition) is 7. The highest BCUT2D eigenvalue weighted by Crippen LogP contribution is 2.24. The molecule has 0 spiro atoms. The van der Waals surface area contributed by atoms with Gasteiger partial charge in [-0.05, 0) is 30.7 Å². The molecule has 2 aliphatic heterocycles. The van der Waals surface area contributed by atoms with Crippen LogP contribution in [0.4, 0.5) is 5.82 Å². The number of carbonyl (C=O) groups excluding carboxylic acids is 3. The van der Waals surface area contributed by atoms with Crippen LogP contribution in [0, 0.1) is 0 Å². The zero-order valence-corrected chi connectivity index (χ0v) is 29.2. The maximum Gasteiger partial charge on any atom is 0.306 e. The fourth-order valence-electron chi connectivity index (χ4n) is 6.26. The maximum absolute atomic E-state index is 13.1. The summed E-state index contributed by atoms with van der Waals surface area (Å²) < 4.78 is 5.98. The first kappa shape index (κ1) is 39.5. The lowest BCUT2D eigenvalue weighted by Crippen LogP contribution is -2.51. The second-order valence-corrected chi connectivity index (χ2v) is 12.3. The highest BCUT2D eigenvalue weighted by Gasteiger charge is 2.37. The number of nitrogens with zero attached hydrogens (tertiary/aromatic N) is 4. The Morgan fingerprint density at radius 3 is 1.76 bits per heavy atom. The predicted octanol–water partition coefficient (Wildman–Crippen LogP) is 7.74. The van der Waals surface area contributed by atoms with Crippen molar-refractivity contribution in [3.8, 4) is 0 Å². The molecule has 0 bridgehead atoms. The van der Waals surface area contributed by atoms with Gasteiger partial charge in [-0.1, -0.05) is 102 Å². The predicted molar refractivity (Wildman–Crippen MR) is 189 cm³/mol. The summed E-state index contributed by atoms with van der Waals surface area (Å²) in [6.45, 7) is 5.99. The van der Waals surface area contributed by atoms with Gasteiger partial charge in [-0.2, -0.15) is 0 Å². The topological polar surface area (TPSA) is 83.1 Å². The SMILES string of the molecule is CCCCCCCCCCCCCCCC(=O)OC(CN1CCN(c2ccccn2)CC1)CN1C(=O)c2ccccc2C1=O.Cl.Cl. The number of carbonyl (C=O) groups is 3. The summed E-state index contributed by atoms with van der Waals surface area (Å²) in [6, 6.07) is 12.8. The van der Waals surface area contributed by atoms with Gasteiger partial charge in [0.1, 0.15) is 11.9 Å². The van der Waals surface area contributed by atoms with Crippen molar-refractivity contribution in [3.05, 3.63) is 59.8 Å². The van der Waals surface area contributed by atoms with Gasteiger partial charge in [0.25, 0.3) is 11.8 Å². The number of esters is 1. The number of halogens is 2. The molecule has 4 rings (SSSR count). The molecule has 1 saturated heterocycles. The Labute approximate surface area is 288 Å². The number of piperazine rings is 1. The summed E-state index contributed by atoms with van der Waals surface area (Å²) in [6.07, 6.45) is 17.9. The van der Waals surface area contributed by atoms with Crippen molar-refractivity contribution in [2.75, 3.05) is 44.2 Å². The standard InChI is InChI=1S/C36H52N4O4.2ClH/c1-2-3-4-5-6-7-8-9-10-11-12-13-14-22-34(41)44-30(29-40-35(42)31-19-15-16-20-32(31)36(40)43)28-38-24-26-39(27-25-38)33-21-17-18-23-37-33;;/h15-21,23,30H,2-14,22,24-29H2,1H3;2*1H. The molecule has 46 heavy (non-hydrogen) atoms. The van der Waals surface area contributed by atoms with Crippen molar-refractivity contribution in [3.63, 3.8) is 0 Å². The third-order valence-electron chi connectivity index (χ3n) is 8.85. The highest BCUT2D eigenvalue weighted by atomic mass is 35.5. The Bertz CT molecular complexity index is 1140. The molecule has 10 heteroatoms. The number of amides is 2. The summed E-state index contributed by atoms with van der Waals surface area (Å²) in [5, 5.41) is 0. The number of aromatic nitrogens is 1. The molecule has 0 radical (unpaired) electrons. The van der Waals surface area contributed by atoms with E-state index >= 15 is 0 Å². The first-order valence-electron chi connectivity index (χ1n) is 17.1. The minimum atomic E-state index is -0.576. The Balaban J connectivity index is 0.00000368. The fourth-order valence-corrected chi connectivity index (χ4v) is 6.26. The second-order valence-electron chi connectivity index (χ2n) is 12.3. The number of pyridine rings is 1. The van der Waals surface area contributed by atoms with E-state index in [0.29, 0.717) is 24.1 Å². The molecule has 2 amide bonds. The van der Waals surface area contributed by atoms with Crippen LogP contribution in [0.2, 0.25) is 0 Å². The van der Waals surface area contributed by atoms with Gasteiger partial charge in [0.2, 0.25) is 0 Å². The van der Waals surface area contributed by atoms with Crippen LogP contribution < -0.4 is 4.90 Å². The summed E-state index contributed by atoms with van der Waals surface area (Å²) in [7, 11) is 0. The molecule has 0 aliphatic carbocycles. The Morgan fingerprint density at radius 2 is 1.24 bits per heavy atom. The lowest BCUT2D eigenvalue weighted by Gasteiger charge is -2.37. The second kappa shape index (κ2) is 22.0. The van der Waals surface area contributed by atoms with E-state index in [1.807, 2.05) is 18.2 Å². The van der Waals surface area contributed by atoms with Crippen LogP contribution in [-0.2, 0) is 9.53 Å². The minimum absolute atomic E-state index is 0. The van der Waals surface area contributed by atoms with Crippen molar-refractivity contribution in [1.29, 1.82) is 0 Å². The number of rotatable bonds is 20. The summed E-state index contributed by atoms with van der Waals surface area (Å²) in [5.74, 6) is 0.0759. The number of anilines is 1. The van der Waals surface area contributed by atoms with Gasteiger partial charge < -0.3 is 9.64 Å². The number of unbranched alkanes of at least 4 members (excludes halogenated alkanes) is 12. The van der Waals surface area contributed by atoms with Crippen molar-refractivity contribution in [2.24, 2.45) is 0 Å². The third-order valence-corrected chi connectivity index (χ3v) is 8.85. The number of hydrogen-bond donors (Lipinski definition) is 0. The smallest absolute Gasteiger partial charge is 0.306 e. The third kappa shape index (κ3) is 12.5. The van der Waals surface area contributed by atoms with Crippen LogP contribution in [0.25, 0.3) is 0 Å². The molecule has 256 valence electrons. The minimum Gasteiger partial charge on any atom is -0.459 e. The number of ether oxygens (including phenoxy) is 1. The lowest BCUT2D eigenvalue weighted by atomic mass is 10.0. The van der Waals surface area contributed by atoms with Gasteiger partial charge in [-0.3, -0.25) is 24.2 Å². The van der Waals surface area contributed by atoms with Crippen molar-refractivity contribution in [2.45, 2.75) is 103 Å². The normalized spacial score (nSPS) is 15.2. The van der Waals surface area contributed by atoms with Crippen LogP contribution in [0.1, 0.15) is 118 Å². The average molecular weight is 678 g/mol.